The summed E-state index contributed by atoms with van der Waals surface area (Å²) in [7, 11) is 1.68. The minimum absolute atomic E-state index is 0.187. The number of likely N-dealkylation sites (tertiary alicyclic amines) is 1. The first-order chi connectivity index (χ1) is 13.2. The lowest BCUT2D eigenvalue weighted by Gasteiger charge is -2.42. The highest BCUT2D eigenvalue weighted by Crippen LogP contribution is 2.31. The Morgan fingerprint density at radius 3 is 2.85 bits per heavy atom. The molecule has 1 spiro atoms. The summed E-state index contributed by atoms with van der Waals surface area (Å²) >= 11 is 0. The number of rotatable bonds is 5. The second-order valence-electron chi connectivity index (χ2n) is 7.91. The van der Waals surface area contributed by atoms with Crippen molar-refractivity contribution in [3.63, 3.8) is 0 Å². The summed E-state index contributed by atoms with van der Waals surface area (Å²) in [5, 5.41) is 0. The van der Waals surface area contributed by atoms with E-state index in [-0.39, 0.29) is 11.5 Å². The number of benzene rings is 1. The van der Waals surface area contributed by atoms with Gasteiger partial charge >= 0.3 is 0 Å². The predicted octanol–water partition coefficient (Wildman–Crippen LogP) is 1.85. The van der Waals surface area contributed by atoms with E-state index in [0.29, 0.717) is 32.7 Å². The topological polar surface area (TPSA) is 51.2 Å². The van der Waals surface area contributed by atoms with E-state index in [4.69, 9.17) is 14.2 Å². The highest BCUT2D eigenvalue weighted by atomic mass is 16.5. The second-order valence-corrected chi connectivity index (χ2v) is 7.91. The van der Waals surface area contributed by atoms with E-state index in [1.54, 1.807) is 7.11 Å². The van der Waals surface area contributed by atoms with Gasteiger partial charge in [-0.1, -0.05) is 12.1 Å². The molecule has 1 aromatic carbocycles. The number of methoxy groups -OCH3 is 1. The predicted molar refractivity (Wildman–Crippen MR) is 102 cm³/mol. The van der Waals surface area contributed by atoms with E-state index < -0.39 is 0 Å². The third-order valence-electron chi connectivity index (χ3n) is 6.05. The molecule has 148 valence electrons. The number of hydrogen-bond acceptors (Lipinski definition) is 5. The van der Waals surface area contributed by atoms with Gasteiger partial charge in [0.1, 0.15) is 5.75 Å². The van der Waals surface area contributed by atoms with Crippen LogP contribution in [-0.4, -0.2) is 74.4 Å². The van der Waals surface area contributed by atoms with Gasteiger partial charge in [-0.15, -0.1) is 0 Å². The monoisotopic (exact) mass is 374 g/mol. The summed E-state index contributed by atoms with van der Waals surface area (Å²) in [6, 6.07) is 6.58. The van der Waals surface area contributed by atoms with Crippen molar-refractivity contribution in [3.05, 3.63) is 29.3 Å². The largest absolute Gasteiger partial charge is 0.493 e. The average Bonchev–Trinajstić information content (AvgIpc) is 3.09. The van der Waals surface area contributed by atoms with E-state index in [1.807, 2.05) is 4.90 Å². The normalized spacial score (nSPS) is 22.6. The molecule has 2 fully saturated rings. The van der Waals surface area contributed by atoms with Crippen LogP contribution in [0.1, 0.15) is 30.4 Å². The Labute approximate surface area is 161 Å². The average molecular weight is 374 g/mol. The van der Waals surface area contributed by atoms with Crippen LogP contribution in [0.4, 0.5) is 0 Å². The molecule has 0 aliphatic carbocycles. The number of carbonyl (C=O) groups is 1. The second kappa shape index (κ2) is 8.17. The zero-order chi connectivity index (χ0) is 18.7. The molecule has 3 aliphatic rings. The zero-order valence-electron chi connectivity index (χ0n) is 16.2. The summed E-state index contributed by atoms with van der Waals surface area (Å²) < 4.78 is 17.0. The molecule has 3 aliphatic heterocycles. The number of ether oxygens (including phenoxy) is 3. The highest BCUT2D eigenvalue weighted by Gasteiger charge is 2.40. The van der Waals surface area contributed by atoms with Crippen molar-refractivity contribution in [2.24, 2.45) is 0 Å². The van der Waals surface area contributed by atoms with Gasteiger partial charge in [0.15, 0.2) is 0 Å². The maximum atomic E-state index is 12.3. The van der Waals surface area contributed by atoms with Crippen molar-refractivity contribution in [2.75, 3.05) is 53.1 Å². The van der Waals surface area contributed by atoms with Gasteiger partial charge in [-0.2, -0.15) is 0 Å². The van der Waals surface area contributed by atoms with E-state index >= 15 is 0 Å². The Hall–Kier alpha value is -1.63. The molecule has 0 saturated carbocycles. The molecule has 6 heteroatoms. The number of piperidine rings is 1. The van der Waals surface area contributed by atoms with Crippen molar-refractivity contribution in [2.45, 2.75) is 37.8 Å². The Kier molecular flexibility index (Phi) is 5.66. The number of carbonyl (C=O) groups excluding carboxylic acids is 1. The molecule has 1 amide bonds. The Balaban J connectivity index is 1.35. The number of amides is 1. The molecule has 0 unspecified atom stereocenters. The van der Waals surface area contributed by atoms with Gasteiger partial charge in [-0.25, -0.2) is 0 Å². The molecular weight excluding hydrogens is 344 g/mol. The fourth-order valence-electron chi connectivity index (χ4n) is 4.42. The summed E-state index contributed by atoms with van der Waals surface area (Å²) in [6.45, 7) is 6.24. The highest BCUT2D eigenvalue weighted by molar-refractivity contribution is 5.76. The van der Waals surface area contributed by atoms with Gasteiger partial charge in [-0.3, -0.25) is 9.69 Å². The van der Waals surface area contributed by atoms with Crippen molar-refractivity contribution >= 4 is 5.91 Å². The molecule has 2 saturated heterocycles. The summed E-state index contributed by atoms with van der Waals surface area (Å²) in [5.41, 5.74) is 2.50. The molecule has 1 aromatic rings. The third-order valence-corrected chi connectivity index (χ3v) is 6.05. The molecule has 0 bridgehead atoms. The fraction of sp³-hybridized carbons (Fsp3) is 0.667. The smallest absolute Gasteiger partial charge is 0.225 e. The fourth-order valence-corrected chi connectivity index (χ4v) is 4.42. The van der Waals surface area contributed by atoms with Crippen molar-refractivity contribution in [3.8, 4) is 5.75 Å². The third kappa shape index (κ3) is 4.28. The first kappa shape index (κ1) is 18.7. The van der Waals surface area contributed by atoms with E-state index in [0.717, 1.165) is 51.3 Å². The Bertz CT molecular complexity index is 670. The first-order valence-corrected chi connectivity index (χ1v) is 10.1. The molecule has 6 nitrogen and oxygen atoms in total. The molecule has 4 rings (SSSR count). The van der Waals surface area contributed by atoms with Crippen LogP contribution in [-0.2, 0) is 27.2 Å². The maximum Gasteiger partial charge on any atom is 0.225 e. The van der Waals surface area contributed by atoms with Crippen LogP contribution in [0.3, 0.4) is 0 Å². The number of hydrogen-bond donors (Lipinski definition) is 0. The summed E-state index contributed by atoms with van der Waals surface area (Å²) in [4.78, 5) is 16.7. The van der Waals surface area contributed by atoms with Crippen molar-refractivity contribution in [1.29, 1.82) is 0 Å². The van der Waals surface area contributed by atoms with Gasteiger partial charge in [0.25, 0.3) is 0 Å². The maximum absolute atomic E-state index is 12.3. The molecule has 0 N–H and O–H groups in total. The molecule has 0 radical (unpaired) electrons. The molecular formula is C21H30N2O4. The van der Waals surface area contributed by atoms with Crippen LogP contribution in [0.5, 0.6) is 5.75 Å². The van der Waals surface area contributed by atoms with Gasteiger partial charge in [0.05, 0.1) is 31.8 Å². The lowest BCUT2D eigenvalue weighted by atomic mass is 9.90. The Morgan fingerprint density at radius 1 is 1.19 bits per heavy atom. The van der Waals surface area contributed by atoms with Crippen LogP contribution in [0.15, 0.2) is 18.2 Å². The van der Waals surface area contributed by atoms with Crippen molar-refractivity contribution in [1.82, 2.24) is 9.80 Å². The lowest BCUT2D eigenvalue weighted by molar-refractivity contribution is -0.132. The summed E-state index contributed by atoms with van der Waals surface area (Å²) in [6.07, 6.45) is 3.44. The molecule has 0 atom stereocenters. The van der Waals surface area contributed by atoms with Crippen LogP contribution < -0.4 is 4.74 Å². The van der Waals surface area contributed by atoms with Gasteiger partial charge in [0, 0.05) is 46.3 Å². The van der Waals surface area contributed by atoms with Gasteiger partial charge in [0.2, 0.25) is 5.91 Å². The van der Waals surface area contributed by atoms with Gasteiger partial charge in [-0.05, 0) is 30.0 Å². The van der Waals surface area contributed by atoms with E-state index in [9.17, 15) is 4.79 Å². The standard InChI is InChI=1S/C21H30N2O4/c1-25-13-10-23-16-21(27-12-5-20(23)24)6-8-22(9-7-21)15-17-2-3-19-18(14-17)4-11-26-19/h2-3,14H,4-13,15-16H2,1H3. The van der Waals surface area contributed by atoms with Crippen LogP contribution in [0, 0.1) is 0 Å². The van der Waals surface area contributed by atoms with Crippen molar-refractivity contribution < 1.29 is 19.0 Å². The van der Waals surface area contributed by atoms with Crippen LogP contribution in [0.2, 0.25) is 0 Å². The number of nitrogens with zero attached hydrogens (tertiary/aromatic N) is 2. The van der Waals surface area contributed by atoms with E-state index in [2.05, 4.69) is 23.1 Å². The van der Waals surface area contributed by atoms with Crippen LogP contribution >= 0.6 is 0 Å². The van der Waals surface area contributed by atoms with E-state index in [1.165, 1.54) is 11.1 Å². The lowest BCUT2D eigenvalue weighted by Crippen LogP contribution is -2.52. The summed E-state index contributed by atoms with van der Waals surface area (Å²) in [5.74, 6) is 1.23. The first-order valence-electron chi connectivity index (χ1n) is 10.1. The van der Waals surface area contributed by atoms with Gasteiger partial charge < -0.3 is 19.1 Å². The molecule has 27 heavy (non-hydrogen) atoms. The minimum atomic E-state index is -0.192. The minimum Gasteiger partial charge on any atom is -0.493 e. The Morgan fingerprint density at radius 2 is 2.04 bits per heavy atom. The number of fused-ring (bicyclic) bond motifs is 1. The quantitative estimate of drug-likeness (QED) is 0.787. The SMILES string of the molecule is COCCN1CC2(CCN(Cc3ccc4c(c3)CCO4)CC2)OCCC1=O. The molecule has 0 aromatic heterocycles. The van der Waals surface area contributed by atoms with Crippen LogP contribution in [0.25, 0.3) is 0 Å². The zero-order valence-corrected chi connectivity index (χ0v) is 16.2. The molecule has 3 heterocycles.